The van der Waals surface area contributed by atoms with Crippen LogP contribution in [0.1, 0.15) is 35.1 Å². The van der Waals surface area contributed by atoms with Crippen LogP contribution in [0.15, 0.2) is 73.1 Å². The van der Waals surface area contributed by atoms with E-state index < -0.39 is 0 Å². The summed E-state index contributed by atoms with van der Waals surface area (Å²) in [7, 11) is 0. The minimum atomic E-state index is 0.921. The molecule has 0 atom stereocenters. The van der Waals surface area contributed by atoms with Crippen LogP contribution in [-0.2, 0) is 19.6 Å². The van der Waals surface area contributed by atoms with Gasteiger partial charge in [0.1, 0.15) is 0 Å². The molecule has 1 saturated heterocycles. The molecule has 0 spiro atoms. The van der Waals surface area contributed by atoms with Crippen LogP contribution in [-0.4, -0.2) is 23.0 Å². The Bertz CT molecular complexity index is 868. The molecule has 1 fully saturated rings. The highest BCUT2D eigenvalue weighted by atomic mass is 15.2. The van der Waals surface area contributed by atoms with Gasteiger partial charge in [0.2, 0.25) is 0 Å². The zero-order valence-electron chi connectivity index (χ0n) is 16.7. The van der Waals surface area contributed by atoms with Crippen LogP contribution in [0.2, 0.25) is 0 Å². The molecule has 4 rings (SSSR count). The molecule has 1 aliphatic heterocycles. The van der Waals surface area contributed by atoms with E-state index in [1.165, 1.54) is 53.9 Å². The summed E-state index contributed by atoms with van der Waals surface area (Å²) in [4.78, 5) is 9.26. The number of benzene rings is 2. The standard InChI is InChI=1S/C25H29N3/c1-21-8-10-22(11-9-21)18-27(19-23-12-14-26-15-13-23)20-24-6-2-3-7-25(24)28-16-4-5-17-28/h2-3,6-15H,4-5,16-20H2,1H3. The fourth-order valence-corrected chi connectivity index (χ4v) is 4.02. The second kappa shape index (κ2) is 9.03. The Morgan fingerprint density at radius 2 is 1.43 bits per heavy atom. The first-order valence-corrected chi connectivity index (χ1v) is 10.3. The molecule has 2 aromatic carbocycles. The van der Waals surface area contributed by atoms with E-state index in [-0.39, 0.29) is 0 Å². The number of nitrogens with zero attached hydrogens (tertiary/aromatic N) is 3. The quantitative estimate of drug-likeness (QED) is 0.569. The second-order valence-corrected chi connectivity index (χ2v) is 7.81. The topological polar surface area (TPSA) is 19.4 Å². The third-order valence-electron chi connectivity index (χ3n) is 5.51. The molecule has 0 N–H and O–H groups in total. The van der Waals surface area contributed by atoms with E-state index in [9.17, 15) is 0 Å². The molecule has 0 aliphatic carbocycles. The minimum Gasteiger partial charge on any atom is -0.371 e. The van der Waals surface area contributed by atoms with Crippen molar-refractivity contribution in [2.75, 3.05) is 18.0 Å². The Morgan fingerprint density at radius 1 is 0.786 bits per heavy atom. The minimum absolute atomic E-state index is 0.921. The highest BCUT2D eigenvalue weighted by Crippen LogP contribution is 2.26. The second-order valence-electron chi connectivity index (χ2n) is 7.81. The maximum atomic E-state index is 4.17. The molecule has 0 amide bonds. The third-order valence-corrected chi connectivity index (χ3v) is 5.51. The fraction of sp³-hybridized carbons (Fsp3) is 0.320. The predicted molar refractivity (Wildman–Crippen MR) is 116 cm³/mol. The summed E-state index contributed by atoms with van der Waals surface area (Å²) in [5.41, 5.74) is 6.80. The number of para-hydroxylation sites is 1. The molecule has 1 aliphatic rings. The highest BCUT2D eigenvalue weighted by Gasteiger charge is 2.17. The van der Waals surface area contributed by atoms with Crippen molar-refractivity contribution in [2.45, 2.75) is 39.4 Å². The van der Waals surface area contributed by atoms with E-state index in [1.54, 1.807) is 0 Å². The Morgan fingerprint density at radius 3 is 2.14 bits per heavy atom. The number of pyridine rings is 1. The van der Waals surface area contributed by atoms with Gasteiger partial charge in [0.15, 0.2) is 0 Å². The maximum Gasteiger partial charge on any atom is 0.0411 e. The largest absolute Gasteiger partial charge is 0.371 e. The number of hydrogen-bond acceptors (Lipinski definition) is 3. The number of anilines is 1. The lowest BCUT2D eigenvalue weighted by atomic mass is 10.1. The van der Waals surface area contributed by atoms with Crippen molar-refractivity contribution in [3.8, 4) is 0 Å². The predicted octanol–water partition coefficient (Wildman–Crippen LogP) is 5.19. The van der Waals surface area contributed by atoms with Crippen LogP contribution >= 0.6 is 0 Å². The monoisotopic (exact) mass is 371 g/mol. The number of aromatic nitrogens is 1. The zero-order chi connectivity index (χ0) is 19.2. The van der Waals surface area contributed by atoms with Crippen LogP contribution in [0.5, 0.6) is 0 Å². The van der Waals surface area contributed by atoms with Gasteiger partial charge in [-0.3, -0.25) is 9.88 Å². The van der Waals surface area contributed by atoms with E-state index in [4.69, 9.17) is 0 Å². The fourth-order valence-electron chi connectivity index (χ4n) is 4.02. The average molecular weight is 372 g/mol. The van der Waals surface area contributed by atoms with Crippen LogP contribution in [0.4, 0.5) is 5.69 Å². The van der Waals surface area contributed by atoms with Crippen LogP contribution in [0.3, 0.4) is 0 Å². The van der Waals surface area contributed by atoms with Crippen molar-refractivity contribution in [1.29, 1.82) is 0 Å². The molecule has 0 saturated carbocycles. The lowest BCUT2D eigenvalue weighted by molar-refractivity contribution is 0.248. The smallest absolute Gasteiger partial charge is 0.0411 e. The van der Waals surface area contributed by atoms with Gasteiger partial charge in [0.05, 0.1) is 0 Å². The SMILES string of the molecule is Cc1ccc(CN(Cc2ccncc2)Cc2ccccc2N2CCCC2)cc1. The average Bonchev–Trinajstić information content (AvgIpc) is 3.25. The maximum absolute atomic E-state index is 4.17. The van der Waals surface area contributed by atoms with E-state index >= 15 is 0 Å². The molecule has 0 radical (unpaired) electrons. The zero-order valence-corrected chi connectivity index (χ0v) is 16.7. The number of aryl methyl sites for hydroxylation is 1. The van der Waals surface area contributed by atoms with Gasteiger partial charge in [-0.1, -0.05) is 48.0 Å². The van der Waals surface area contributed by atoms with Crippen molar-refractivity contribution in [3.63, 3.8) is 0 Å². The van der Waals surface area contributed by atoms with Crippen molar-refractivity contribution in [3.05, 3.63) is 95.3 Å². The van der Waals surface area contributed by atoms with Crippen molar-refractivity contribution < 1.29 is 0 Å². The summed E-state index contributed by atoms with van der Waals surface area (Å²) in [5.74, 6) is 0. The lowest BCUT2D eigenvalue weighted by Crippen LogP contribution is -2.25. The molecule has 144 valence electrons. The van der Waals surface area contributed by atoms with Gasteiger partial charge < -0.3 is 4.90 Å². The van der Waals surface area contributed by atoms with Crippen molar-refractivity contribution in [2.24, 2.45) is 0 Å². The van der Waals surface area contributed by atoms with Gasteiger partial charge in [-0.05, 0) is 54.7 Å². The molecule has 0 bridgehead atoms. The van der Waals surface area contributed by atoms with Crippen molar-refractivity contribution >= 4 is 5.69 Å². The molecule has 28 heavy (non-hydrogen) atoms. The summed E-state index contributed by atoms with van der Waals surface area (Å²) in [6.45, 7) is 7.31. The van der Waals surface area contributed by atoms with Gasteiger partial charge in [-0.2, -0.15) is 0 Å². The summed E-state index contributed by atoms with van der Waals surface area (Å²) in [5, 5.41) is 0. The highest BCUT2D eigenvalue weighted by molar-refractivity contribution is 5.54. The van der Waals surface area contributed by atoms with Gasteiger partial charge in [0, 0.05) is 50.8 Å². The van der Waals surface area contributed by atoms with Gasteiger partial charge in [-0.15, -0.1) is 0 Å². The van der Waals surface area contributed by atoms with E-state index in [1.807, 2.05) is 12.4 Å². The first kappa shape index (κ1) is 18.7. The van der Waals surface area contributed by atoms with Gasteiger partial charge in [-0.25, -0.2) is 0 Å². The molecular weight excluding hydrogens is 342 g/mol. The Kier molecular flexibility index (Phi) is 6.03. The summed E-state index contributed by atoms with van der Waals surface area (Å²) < 4.78 is 0. The molecule has 3 aromatic rings. The van der Waals surface area contributed by atoms with Crippen LogP contribution < -0.4 is 4.90 Å². The van der Waals surface area contributed by atoms with Crippen LogP contribution in [0, 0.1) is 6.92 Å². The van der Waals surface area contributed by atoms with Gasteiger partial charge >= 0.3 is 0 Å². The molecule has 2 heterocycles. The number of hydrogen-bond donors (Lipinski definition) is 0. The first-order valence-electron chi connectivity index (χ1n) is 10.3. The molecule has 0 unspecified atom stereocenters. The Labute approximate surface area is 168 Å². The molecule has 3 nitrogen and oxygen atoms in total. The van der Waals surface area contributed by atoms with Gasteiger partial charge in [0.25, 0.3) is 0 Å². The summed E-state index contributed by atoms with van der Waals surface area (Å²) in [6.07, 6.45) is 6.38. The van der Waals surface area contributed by atoms with E-state index in [0.717, 1.165) is 19.6 Å². The molecule has 1 aromatic heterocycles. The molecular formula is C25H29N3. The first-order chi connectivity index (χ1) is 13.8. The Hall–Kier alpha value is -2.65. The summed E-state index contributed by atoms with van der Waals surface area (Å²) in [6, 6.07) is 22.1. The Balaban J connectivity index is 1.57. The lowest BCUT2D eigenvalue weighted by Gasteiger charge is -2.27. The van der Waals surface area contributed by atoms with Crippen molar-refractivity contribution in [1.82, 2.24) is 9.88 Å². The third kappa shape index (κ3) is 4.79. The van der Waals surface area contributed by atoms with E-state index in [2.05, 4.69) is 82.4 Å². The number of rotatable bonds is 7. The normalized spacial score (nSPS) is 14.0. The van der Waals surface area contributed by atoms with Crippen LogP contribution in [0.25, 0.3) is 0 Å². The molecule has 3 heteroatoms. The summed E-state index contributed by atoms with van der Waals surface area (Å²) >= 11 is 0. The van der Waals surface area contributed by atoms with E-state index in [0.29, 0.717) is 0 Å².